The van der Waals surface area contributed by atoms with Crippen LogP contribution in [0.15, 0.2) is 66.7 Å². The van der Waals surface area contributed by atoms with Gasteiger partial charge in [-0.1, -0.05) is 42.5 Å². The smallest absolute Gasteiger partial charge is 0.249 e. The molecule has 1 unspecified atom stereocenters. The number of carbonyl (C=O) groups excluding carboxylic acids is 2. The van der Waals surface area contributed by atoms with Gasteiger partial charge in [0.2, 0.25) is 11.8 Å². The first-order chi connectivity index (χ1) is 17.6. The van der Waals surface area contributed by atoms with Crippen LogP contribution in [0.4, 0.5) is 5.69 Å². The number of carbonyl (C=O) groups is 2. The van der Waals surface area contributed by atoms with Gasteiger partial charge in [-0.15, -0.1) is 5.10 Å². The lowest BCUT2D eigenvalue weighted by Crippen LogP contribution is -2.51. The second-order valence-electron chi connectivity index (χ2n) is 10.1. The number of nitrogens with one attached hydrogen (secondary N) is 1. The first-order valence-corrected chi connectivity index (χ1v) is 12.4. The van der Waals surface area contributed by atoms with Crippen LogP contribution in [0.25, 0.3) is 11.0 Å². The summed E-state index contributed by atoms with van der Waals surface area (Å²) in [6, 6.07) is 18.7. The summed E-state index contributed by atoms with van der Waals surface area (Å²) in [5, 5.41) is 21.4. The summed E-state index contributed by atoms with van der Waals surface area (Å²) in [5.74, 6) is -0.549. The van der Waals surface area contributed by atoms with Crippen molar-refractivity contribution >= 4 is 28.5 Å². The topological polar surface area (TPSA) is 100 Å². The lowest BCUT2D eigenvalue weighted by atomic mass is 9.97. The van der Waals surface area contributed by atoms with E-state index in [1.807, 2.05) is 77.1 Å². The fraction of sp³-hybridized carbons (Fsp3) is 0.310. The SMILES string of the molecule is CCC(C)(C)NC(=O)C(c1ccc(O)cc1)N(C(=O)Cn1nnc2ccccc21)c1cc(C)cc(C)c1. The quantitative estimate of drug-likeness (QED) is 0.362. The van der Waals surface area contributed by atoms with Crippen LogP contribution >= 0.6 is 0 Å². The molecule has 0 radical (unpaired) electrons. The third kappa shape index (κ3) is 5.80. The number of phenols is 1. The Morgan fingerprint density at radius 1 is 1.03 bits per heavy atom. The molecule has 2 N–H and O–H groups in total. The summed E-state index contributed by atoms with van der Waals surface area (Å²) in [4.78, 5) is 29.5. The Balaban J connectivity index is 1.85. The average molecular weight is 500 g/mol. The molecular weight excluding hydrogens is 466 g/mol. The maximum absolute atomic E-state index is 14.1. The van der Waals surface area contributed by atoms with Crippen molar-refractivity contribution in [2.45, 2.75) is 59.2 Å². The number of nitrogens with zero attached hydrogens (tertiary/aromatic N) is 4. The molecule has 0 bridgehead atoms. The van der Waals surface area contributed by atoms with Crippen molar-refractivity contribution in [3.05, 3.63) is 83.4 Å². The van der Waals surface area contributed by atoms with E-state index in [-0.39, 0.29) is 24.1 Å². The van der Waals surface area contributed by atoms with E-state index in [1.54, 1.807) is 16.8 Å². The van der Waals surface area contributed by atoms with E-state index in [4.69, 9.17) is 0 Å². The van der Waals surface area contributed by atoms with Gasteiger partial charge in [0.1, 0.15) is 23.9 Å². The lowest BCUT2D eigenvalue weighted by Gasteiger charge is -2.35. The van der Waals surface area contributed by atoms with Gasteiger partial charge in [-0.3, -0.25) is 14.5 Å². The number of fused-ring (bicyclic) bond motifs is 1. The number of hydrogen-bond acceptors (Lipinski definition) is 5. The molecule has 192 valence electrons. The van der Waals surface area contributed by atoms with Crippen LogP contribution in [0, 0.1) is 13.8 Å². The zero-order chi connectivity index (χ0) is 26.7. The molecule has 0 aliphatic carbocycles. The molecule has 0 aliphatic rings. The van der Waals surface area contributed by atoms with E-state index in [0.717, 1.165) is 16.6 Å². The number of aryl methyl sites for hydroxylation is 2. The zero-order valence-corrected chi connectivity index (χ0v) is 21.9. The van der Waals surface area contributed by atoms with Gasteiger partial charge in [-0.05, 0) is 87.2 Å². The number of hydrogen-bond donors (Lipinski definition) is 2. The molecule has 0 spiro atoms. The van der Waals surface area contributed by atoms with Crippen LogP contribution in [0.3, 0.4) is 0 Å². The van der Waals surface area contributed by atoms with Gasteiger partial charge in [-0.2, -0.15) is 0 Å². The van der Waals surface area contributed by atoms with Crippen LogP contribution in [0.5, 0.6) is 5.75 Å². The minimum absolute atomic E-state index is 0.0789. The second-order valence-corrected chi connectivity index (χ2v) is 10.1. The normalized spacial score (nSPS) is 12.4. The summed E-state index contributed by atoms with van der Waals surface area (Å²) in [6.45, 7) is 9.71. The average Bonchev–Trinajstić information content (AvgIpc) is 3.25. The molecule has 0 saturated carbocycles. The fourth-order valence-corrected chi connectivity index (χ4v) is 4.33. The number of amides is 2. The van der Waals surface area contributed by atoms with Crippen molar-refractivity contribution < 1.29 is 14.7 Å². The minimum atomic E-state index is -0.977. The molecule has 1 aromatic heterocycles. The van der Waals surface area contributed by atoms with Gasteiger partial charge < -0.3 is 10.4 Å². The summed E-state index contributed by atoms with van der Waals surface area (Å²) in [6.07, 6.45) is 0.712. The van der Waals surface area contributed by atoms with Gasteiger partial charge in [0.25, 0.3) is 0 Å². The molecule has 8 heteroatoms. The van der Waals surface area contributed by atoms with Gasteiger partial charge in [0.15, 0.2) is 0 Å². The predicted molar refractivity (Wildman–Crippen MR) is 144 cm³/mol. The molecule has 3 aromatic carbocycles. The van der Waals surface area contributed by atoms with Crippen molar-refractivity contribution in [1.29, 1.82) is 0 Å². The number of aromatic nitrogens is 3. The van der Waals surface area contributed by atoms with Gasteiger partial charge in [-0.25, -0.2) is 4.68 Å². The largest absolute Gasteiger partial charge is 0.508 e. The number of phenolic OH excluding ortho intramolecular Hbond substituents is 1. The summed E-state index contributed by atoms with van der Waals surface area (Å²) in [7, 11) is 0. The van der Waals surface area contributed by atoms with Crippen LogP contribution < -0.4 is 10.2 Å². The van der Waals surface area contributed by atoms with E-state index in [2.05, 4.69) is 15.6 Å². The van der Waals surface area contributed by atoms with Crippen molar-refractivity contribution in [3.63, 3.8) is 0 Å². The molecule has 8 nitrogen and oxygen atoms in total. The van der Waals surface area contributed by atoms with Gasteiger partial charge in [0, 0.05) is 11.2 Å². The highest BCUT2D eigenvalue weighted by Gasteiger charge is 2.35. The third-order valence-electron chi connectivity index (χ3n) is 6.52. The molecule has 1 atom stereocenters. The molecule has 0 saturated heterocycles. The molecule has 2 amide bonds. The maximum atomic E-state index is 14.1. The highest BCUT2D eigenvalue weighted by Crippen LogP contribution is 2.32. The van der Waals surface area contributed by atoms with Crippen LogP contribution in [-0.2, 0) is 16.1 Å². The highest BCUT2D eigenvalue weighted by atomic mass is 16.3. The van der Waals surface area contributed by atoms with Crippen molar-refractivity contribution in [2.75, 3.05) is 4.90 Å². The van der Waals surface area contributed by atoms with E-state index < -0.39 is 11.6 Å². The molecule has 4 rings (SSSR count). The van der Waals surface area contributed by atoms with E-state index in [9.17, 15) is 14.7 Å². The molecule has 1 heterocycles. The summed E-state index contributed by atoms with van der Waals surface area (Å²) in [5.41, 5.74) is 4.06. The van der Waals surface area contributed by atoms with Crippen LogP contribution in [-0.4, -0.2) is 37.5 Å². The Morgan fingerprint density at radius 2 is 1.68 bits per heavy atom. The Kier molecular flexibility index (Phi) is 7.29. The molecule has 37 heavy (non-hydrogen) atoms. The van der Waals surface area contributed by atoms with Crippen molar-refractivity contribution in [1.82, 2.24) is 20.3 Å². The van der Waals surface area contributed by atoms with Gasteiger partial charge in [0.05, 0.1) is 5.52 Å². The molecule has 0 aliphatic heterocycles. The molecule has 4 aromatic rings. The summed E-state index contributed by atoms with van der Waals surface area (Å²) >= 11 is 0. The number of aromatic hydroxyl groups is 1. The number of anilines is 1. The second kappa shape index (κ2) is 10.4. The van der Waals surface area contributed by atoms with E-state index >= 15 is 0 Å². The van der Waals surface area contributed by atoms with E-state index in [0.29, 0.717) is 23.2 Å². The molecule has 0 fully saturated rings. The van der Waals surface area contributed by atoms with E-state index in [1.165, 1.54) is 17.0 Å². The Hall–Kier alpha value is -4.20. The van der Waals surface area contributed by atoms with Gasteiger partial charge >= 0.3 is 0 Å². The van der Waals surface area contributed by atoms with Crippen molar-refractivity contribution in [2.24, 2.45) is 0 Å². The van der Waals surface area contributed by atoms with Crippen LogP contribution in [0.2, 0.25) is 0 Å². The highest BCUT2D eigenvalue weighted by molar-refractivity contribution is 6.01. The number of para-hydroxylation sites is 1. The lowest BCUT2D eigenvalue weighted by molar-refractivity contribution is -0.128. The fourth-order valence-electron chi connectivity index (χ4n) is 4.33. The number of rotatable bonds is 8. The Labute approximate surface area is 216 Å². The number of benzene rings is 3. The molecular formula is C29H33N5O3. The first-order valence-electron chi connectivity index (χ1n) is 12.4. The Bertz CT molecular complexity index is 1410. The third-order valence-corrected chi connectivity index (χ3v) is 6.52. The van der Waals surface area contributed by atoms with Crippen LogP contribution in [0.1, 0.15) is 49.9 Å². The predicted octanol–water partition coefficient (Wildman–Crippen LogP) is 4.83. The zero-order valence-electron chi connectivity index (χ0n) is 21.9. The Morgan fingerprint density at radius 3 is 2.32 bits per heavy atom. The maximum Gasteiger partial charge on any atom is 0.249 e. The first kappa shape index (κ1) is 25.9. The summed E-state index contributed by atoms with van der Waals surface area (Å²) < 4.78 is 1.55. The minimum Gasteiger partial charge on any atom is -0.508 e. The monoisotopic (exact) mass is 499 g/mol. The standard InChI is InChI=1S/C29H33N5O3/c1-6-29(4,5)30-28(37)27(21-11-13-23(35)14-12-21)34(22-16-19(2)15-20(3)17-22)26(36)18-33-25-10-8-7-9-24(25)31-32-33/h7-17,27,35H,6,18H2,1-5H3,(H,30,37). The van der Waals surface area contributed by atoms with Crippen molar-refractivity contribution in [3.8, 4) is 5.75 Å².